The third-order valence-corrected chi connectivity index (χ3v) is 0.905. The Morgan fingerprint density at radius 2 is 1.21 bits per heavy atom. The van der Waals surface area contributed by atoms with E-state index < -0.39 is 11.9 Å². The molecule has 0 aromatic carbocycles. The largest absolute Gasteiger partial charge is 0.429 e. The Kier molecular flexibility index (Phi) is 4.99. The van der Waals surface area contributed by atoms with Gasteiger partial charge < -0.3 is 9.47 Å². The van der Waals surface area contributed by atoms with Gasteiger partial charge in [-0.25, -0.2) is 9.59 Å². The molecular formula is C10H12O4. The number of allylic oxidation sites excluding steroid dienone is 2. The van der Waals surface area contributed by atoms with Gasteiger partial charge in [0.15, 0.2) is 0 Å². The van der Waals surface area contributed by atoms with Gasteiger partial charge in [0.1, 0.15) is 0 Å². The molecule has 0 heterocycles. The lowest BCUT2D eigenvalue weighted by Crippen LogP contribution is -2.02. The zero-order valence-corrected chi connectivity index (χ0v) is 8.20. The Balaban J connectivity index is 4.04. The Bertz CT molecular complexity index is 269. The van der Waals surface area contributed by atoms with E-state index in [1.807, 2.05) is 0 Å². The number of rotatable bonds is 4. The SMILES string of the molecule is C=C(C)OC(=O)C=CC(=O)OC(=C)C. The van der Waals surface area contributed by atoms with Crippen LogP contribution in [0.4, 0.5) is 0 Å². The van der Waals surface area contributed by atoms with E-state index in [9.17, 15) is 9.59 Å². The third kappa shape index (κ3) is 6.84. The van der Waals surface area contributed by atoms with Crippen molar-refractivity contribution in [3.05, 3.63) is 36.8 Å². The number of hydrogen-bond donors (Lipinski definition) is 0. The maximum Gasteiger partial charge on any atom is 0.336 e. The summed E-state index contributed by atoms with van der Waals surface area (Å²) in [6.07, 6.45) is 1.92. The van der Waals surface area contributed by atoms with Crippen LogP contribution in [0.25, 0.3) is 0 Å². The highest BCUT2D eigenvalue weighted by Crippen LogP contribution is 1.95. The summed E-state index contributed by atoms with van der Waals surface area (Å²) in [5.74, 6) is -0.826. The lowest BCUT2D eigenvalue weighted by atomic mass is 10.5. The van der Waals surface area contributed by atoms with Crippen LogP contribution in [0.2, 0.25) is 0 Å². The van der Waals surface area contributed by atoms with Crippen molar-refractivity contribution in [3.8, 4) is 0 Å². The maximum absolute atomic E-state index is 10.8. The van der Waals surface area contributed by atoms with E-state index in [1.165, 1.54) is 13.8 Å². The van der Waals surface area contributed by atoms with E-state index in [4.69, 9.17) is 0 Å². The minimum absolute atomic E-state index is 0.257. The van der Waals surface area contributed by atoms with Gasteiger partial charge in [0.05, 0.1) is 11.5 Å². The Morgan fingerprint density at radius 3 is 1.43 bits per heavy atom. The van der Waals surface area contributed by atoms with Crippen LogP contribution in [0, 0.1) is 0 Å². The third-order valence-electron chi connectivity index (χ3n) is 0.905. The minimum atomic E-state index is -0.670. The molecule has 0 fully saturated rings. The predicted molar refractivity (Wildman–Crippen MR) is 51.0 cm³/mol. The molecule has 0 aromatic heterocycles. The monoisotopic (exact) mass is 196 g/mol. The Hall–Kier alpha value is -1.84. The maximum atomic E-state index is 10.8. The lowest BCUT2D eigenvalue weighted by molar-refractivity contribution is -0.136. The minimum Gasteiger partial charge on any atom is -0.429 e. The van der Waals surface area contributed by atoms with Crippen molar-refractivity contribution >= 4 is 11.9 Å². The average molecular weight is 196 g/mol. The molecule has 0 aliphatic heterocycles. The van der Waals surface area contributed by atoms with Crippen LogP contribution >= 0.6 is 0 Å². The van der Waals surface area contributed by atoms with Gasteiger partial charge in [0.2, 0.25) is 0 Å². The Labute approximate surface area is 82.5 Å². The van der Waals surface area contributed by atoms with Crippen molar-refractivity contribution in [1.82, 2.24) is 0 Å². The van der Waals surface area contributed by atoms with Crippen molar-refractivity contribution < 1.29 is 19.1 Å². The van der Waals surface area contributed by atoms with Gasteiger partial charge in [-0.2, -0.15) is 0 Å². The standard InChI is InChI=1S/C10H12O4/c1-7(2)13-9(11)5-6-10(12)14-8(3)4/h5-6H,1,3H2,2,4H3. The summed E-state index contributed by atoms with van der Waals surface area (Å²) in [6, 6.07) is 0. The summed E-state index contributed by atoms with van der Waals surface area (Å²) in [4.78, 5) is 21.7. The summed E-state index contributed by atoms with van der Waals surface area (Å²) >= 11 is 0. The molecule has 4 nitrogen and oxygen atoms in total. The molecule has 76 valence electrons. The van der Waals surface area contributed by atoms with E-state index in [0.717, 1.165) is 12.2 Å². The van der Waals surface area contributed by atoms with Crippen LogP contribution in [0.5, 0.6) is 0 Å². The van der Waals surface area contributed by atoms with E-state index in [-0.39, 0.29) is 11.5 Å². The molecule has 0 spiro atoms. The Morgan fingerprint density at radius 1 is 0.929 bits per heavy atom. The highest BCUT2D eigenvalue weighted by molar-refractivity contribution is 5.92. The summed E-state index contributed by atoms with van der Waals surface area (Å²) in [5, 5.41) is 0. The molecular weight excluding hydrogens is 184 g/mol. The summed E-state index contributed by atoms with van der Waals surface area (Å²) in [7, 11) is 0. The van der Waals surface area contributed by atoms with Crippen LogP contribution in [-0.2, 0) is 19.1 Å². The van der Waals surface area contributed by atoms with Crippen molar-refractivity contribution in [1.29, 1.82) is 0 Å². The fourth-order valence-corrected chi connectivity index (χ4v) is 0.548. The average Bonchev–Trinajstić information content (AvgIpc) is 1.98. The van der Waals surface area contributed by atoms with Crippen LogP contribution < -0.4 is 0 Å². The lowest BCUT2D eigenvalue weighted by Gasteiger charge is -1.98. The quantitative estimate of drug-likeness (QED) is 0.390. The second-order valence-corrected chi connectivity index (χ2v) is 2.58. The molecule has 4 heteroatoms. The molecule has 0 radical (unpaired) electrons. The fraction of sp³-hybridized carbons (Fsp3) is 0.200. The highest BCUT2D eigenvalue weighted by Gasteiger charge is 2.00. The van der Waals surface area contributed by atoms with Crippen molar-refractivity contribution in [2.75, 3.05) is 0 Å². The van der Waals surface area contributed by atoms with Crippen molar-refractivity contribution in [2.45, 2.75) is 13.8 Å². The number of esters is 2. The zero-order valence-electron chi connectivity index (χ0n) is 8.20. The number of carbonyl (C=O) groups is 2. The zero-order chi connectivity index (χ0) is 11.1. The van der Waals surface area contributed by atoms with Gasteiger partial charge in [-0.05, 0) is 13.8 Å². The van der Waals surface area contributed by atoms with Gasteiger partial charge in [-0.15, -0.1) is 0 Å². The van der Waals surface area contributed by atoms with Gasteiger partial charge in [-0.3, -0.25) is 0 Å². The second kappa shape index (κ2) is 5.75. The number of ether oxygens (including phenoxy) is 2. The van der Waals surface area contributed by atoms with Crippen LogP contribution in [0.15, 0.2) is 36.8 Å². The molecule has 0 N–H and O–H groups in total. The fourth-order valence-electron chi connectivity index (χ4n) is 0.548. The first kappa shape index (κ1) is 12.2. The van der Waals surface area contributed by atoms with E-state index in [1.54, 1.807) is 0 Å². The van der Waals surface area contributed by atoms with Crippen LogP contribution in [-0.4, -0.2) is 11.9 Å². The van der Waals surface area contributed by atoms with Crippen molar-refractivity contribution in [2.24, 2.45) is 0 Å². The van der Waals surface area contributed by atoms with E-state index >= 15 is 0 Å². The summed E-state index contributed by atoms with van der Waals surface area (Å²) in [6.45, 7) is 9.78. The molecule has 14 heavy (non-hydrogen) atoms. The number of hydrogen-bond acceptors (Lipinski definition) is 4. The van der Waals surface area contributed by atoms with Gasteiger partial charge >= 0.3 is 11.9 Å². The van der Waals surface area contributed by atoms with Crippen molar-refractivity contribution in [3.63, 3.8) is 0 Å². The molecule has 0 bridgehead atoms. The number of carbonyl (C=O) groups excluding carboxylic acids is 2. The summed E-state index contributed by atoms with van der Waals surface area (Å²) in [5.41, 5.74) is 0. The van der Waals surface area contributed by atoms with Crippen LogP contribution in [0.3, 0.4) is 0 Å². The molecule has 0 saturated heterocycles. The molecule has 0 amide bonds. The topological polar surface area (TPSA) is 52.6 Å². The first-order valence-electron chi connectivity index (χ1n) is 3.84. The first-order chi connectivity index (χ1) is 6.41. The molecule has 0 aromatic rings. The molecule has 0 rings (SSSR count). The van der Waals surface area contributed by atoms with Gasteiger partial charge in [0, 0.05) is 12.2 Å². The summed E-state index contributed by atoms with van der Waals surface area (Å²) < 4.78 is 9.11. The highest BCUT2D eigenvalue weighted by atomic mass is 16.5. The first-order valence-corrected chi connectivity index (χ1v) is 3.84. The van der Waals surface area contributed by atoms with E-state index in [2.05, 4.69) is 22.6 Å². The van der Waals surface area contributed by atoms with Gasteiger partial charge in [-0.1, -0.05) is 13.2 Å². The predicted octanol–water partition coefficient (Wildman–Crippen LogP) is 1.70. The molecule has 0 aliphatic carbocycles. The van der Waals surface area contributed by atoms with Gasteiger partial charge in [0.25, 0.3) is 0 Å². The van der Waals surface area contributed by atoms with E-state index in [0.29, 0.717) is 0 Å². The smallest absolute Gasteiger partial charge is 0.336 e. The molecule has 0 aliphatic rings. The molecule has 0 atom stereocenters. The molecule has 0 unspecified atom stereocenters. The molecule has 0 saturated carbocycles. The van der Waals surface area contributed by atoms with Crippen LogP contribution in [0.1, 0.15) is 13.8 Å². The normalized spacial score (nSPS) is 9.57. The second-order valence-electron chi connectivity index (χ2n) is 2.58.